The van der Waals surface area contributed by atoms with Crippen LogP contribution in [0.5, 0.6) is 0 Å². The molecular weight excluding hydrogens is 261 g/mol. The van der Waals surface area contributed by atoms with Gasteiger partial charge in [0.1, 0.15) is 0 Å². The highest BCUT2D eigenvalue weighted by atomic mass is 79.9. The minimum atomic E-state index is 0.537. The van der Waals surface area contributed by atoms with Crippen LogP contribution in [-0.2, 0) is 6.54 Å². The Morgan fingerprint density at radius 1 is 1.43 bits per heavy atom. The normalized spacial score (nSPS) is 11.4. The van der Waals surface area contributed by atoms with E-state index in [9.17, 15) is 0 Å². The predicted octanol–water partition coefficient (Wildman–Crippen LogP) is 3.94. The van der Waals surface area contributed by atoms with Gasteiger partial charge in [0.2, 0.25) is 0 Å². The number of nitrogens with zero attached hydrogens (tertiary/aromatic N) is 1. The molecule has 0 aliphatic carbocycles. The van der Waals surface area contributed by atoms with Crippen molar-refractivity contribution in [2.24, 2.45) is 0 Å². The Kier molecular flexibility index (Phi) is 4.42. The first-order chi connectivity index (χ1) is 6.50. The van der Waals surface area contributed by atoms with E-state index in [2.05, 4.69) is 47.8 Å². The lowest BCUT2D eigenvalue weighted by atomic mass is 10.2. The molecule has 3 heteroatoms. The quantitative estimate of drug-likeness (QED) is 0.808. The van der Waals surface area contributed by atoms with Crippen molar-refractivity contribution in [1.29, 1.82) is 0 Å². The van der Waals surface area contributed by atoms with Crippen molar-refractivity contribution in [3.05, 3.63) is 33.3 Å². The molecule has 0 bridgehead atoms. The summed E-state index contributed by atoms with van der Waals surface area (Å²) in [5.41, 5.74) is 1.17. The Hall–Kier alpha value is -0.0500. The standard InChI is InChI=1S/C11H15BrClN/c1-8(2)14(3)7-9-4-5-10(12)6-11(9)13/h4-6,8H,7H2,1-3H3. The summed E-state index contributed by atoms with van der Waals surface area (Å²) in [4.78, 5) is 2.26. The van der Waals surface area contributed by atoms with Crippen LogP contribution in [-0.4, -0.2) is 18.0 Å². The maximum absolute atomic E-state index is 6.12. The van der Waals surface area contributed by atoms with Crippen molar-refractivity contribution in [2.45, 2.75) is 26.4 Å². The molecule has 0 saturated carbocycles. The molecule has 1 nitrogen and oxygen atoms in total. The monoisotopic (exact) mass is 275 g/mol. The number of benzene rings is 1. The summed E-state index contributed by atoms with van der Waals surface area (Å²) in [6, 6.07) is 6.56. The average molecular weight is 277 g/mol. The van der Waals surface area contributed by atoms with Crippen molar-refractivity contribution < 1.29 is 0 Å². The molecule has 0 amide bonds. The summed E-state index contributed by atoms with van der Waals surface area (Å²) >= 11 is 9.51. The molecule has 0 aliphatic rings. The van der Waals surface area contributed by atoms with Crippen molar-refractivity contribution in [3.63, 3.8) is 0 Å². The lowest BCUT2D eigenvalue weighted by Gasteiger charge is -2.21. The topological polar surface area (TPSA) is 3.24 Å². The molecule has 0 heterocycles. The second kappa shape index (κ2) is 5.15. The van der Waals surface area contributed by atoms with Gasteiger partial charge < -0.3 is 0 Å². The number of hydrogen-bond acceptors (Lipinski definition) is 1. The number of rotatable bonds is 3. The Bertz CT molecular complexity index is 312. The minimum Gasteiger partial charge on any atom is -0.300 e. The fourth-order valence-electron chi connectivity index (χ4n) is 1.10. The molecule has 0 radical (unpaired) electrons. The van der Waals surface area contributed by atoms with Crippen LogP contribution in [0.4, 0.5) is 0 Å². The molecule has 0 spiro atoms. The predicted molar refractivity (Wildman–Crippen MR) is 65.8 cm³/mol. The summed E-state index contributed by atoms with van der Waals surface area (Å²) in [6.45, 7) is 5.24. The summed E-state index contributed by atoms with van der Waals surface area (Å²) in [6.07, 6.45) is 0. The Balaban J connectivity index is 2.77. The van der Waals surface area contributed by atoms with Crippen molar-refractivity contribution >= 4 is 27.5 Å². The fourth-order valence-corrected chi connectivity index (χ4v) is 1.83. The Labute approximate surface area is 99.2 Å². The van der Waals surface area contributed by atoms with Gasteiger partial charge in [0.15, 0.2) is 0 Å². The van der Waals surface area contributed by atoms with E-state index in [1.807, 2.05) is 12.1 Å². The first-order valence-corrected chi connectivity index (χ1v) is 5.82. The van der Waals surface area contributed by atoms with Gasteiger partial charge in [-0.15, -0.1) is 0 Å². The third-order valence-electron chi connectivity index (χ3n) is 2.32. The van der Waals surface area contributed by atoms with E-state index in [1.165, 1.54) is 5.56 Å². The minimum absolute atomic E-state index is 0.537. The highest BCUT2D eigenvalue weighted by molar-refractivity contribution is 9.10. The van der Waals surface area contributed by atoms with Gasteiger partial charge in [-0.3, -0.25) is 4.90 Å². The largest absolute Gasteiger partial charge is 0.300 e. The average Bonchev–Trinajstić information content (AvgIpc) is 2.09. The molecule has 0 N–H and O–H groups in total. The third kappa shape index (κ3) is 3.26. The zero-order valence-corrected chi connectivity index (χ0v) is 11.1. The van der Waals surface area contributed by atoms with Crippen LogP contribution in [0.25, 0.3) is 0 Å². The van der Waals surface area contributed by atoms with Crippen LogP contribution >= 0.6 is 27.5 Å². The van der Waals surface area contributed by atoms with Crippen molar-refractivity contribution in [2.75, 3.05) is 7.05 Å². The Morgan fingerprint density at radius 3 is 2.57 bits per heavy atom. The highest BCUT2D eigenvalue weighted by Crippen LogP contribution is 2.22. The molecule has 0 atom stereocenters. The van der Waals surface area contributed by atoms with E-state index >= 15 is 0 Å². The summed E-state index contributed by atoms with van der Waals surface area (Å²) in [5.74, 6) is 0. The van der Waals surface area contributed by atoms with Crippen LogP contribution in [0.2, 0.25) is 5.02 Å². The van der Waals surface area contributed by atoms with Crippen LogP contribution in [0.15, 0.2) is 22.7 Å². The SMILES string of the molecule is CC(C)N(C)Cc1ccc(Br)cc1Cl. The number of hydrogen-bond donors (Lipinski definition) is 0. The van der Waals surface area contributed by atoms with Gasteiger partial charge in [-0.1, -0.05) is 33.6 Å². The van der Waals surface area contributed by atoms with E-state index in [0.717, 1.165) is 16.0 Å². The Morgan fingerprint density at radius 2 is 2.07 bits per heavy atom. The van der Waals surface area contributed by atoms with Gasteiger partial charge in [-0.05, 0) is 38.6 Å². The van der Waals surface area contributed by atoms with E-state index in [0.29, 0.717) is 6.04 Å². The second-order valence-electron chi connectivity index (χ2n) is 3.74. The van der Waals surface area contributed by atoms with Gasteiger partial charge in [-0.2, -0.15) is 0 Å². The zero-order chi connectivity index (χ0) is 10.7. The summed E-state index contributed by atoms with van der Waals surface area (Å²) < 4.78 is 1.03. The maximum atomic E-state index is 6.12. The second-order valence-corrected chi connectivity index (χ2v) is 5.07. The molecule has 0 fully saturated rings. The van der Waals surface area contributed by atoms with Crippen molar-refractivity contribution in [3.8, 4) is 0 Å². The van der Waals surface area contributed by atoms with E-state index in [-0.39, 0.29) is 0 Å². The van der Waals surface area contributed by atoms with Crippen LogP contribution in [0, 0.1) is 0 Å². The lowest BCUT2D eigenvalue weighted by Crippen LogP contribution is -2.25. The van der Waals surface area contributed by atoms with Gasteiger partial charge in [-0.25, -0.2) is 0 Å². The van der Waals surface area contributed by atoms with Gasteiger partial charge in [0, 0.05) is 22.1 Å². The van der Waals surface area contributed by atoms with Crippen LogP contribution in [0.3, 0.4) is 0 Å². The van der Waals surface area contributed by atoms with E-state index < -0.39 is 0 Å². The zero-order valence-electron chi connectivity index (χ0n) is 8.72. The third-order valence-corrected chi connectivity index (χ3v) is 3.16. The van der Waals surface area contributed by atoms with Gasteiger partial charge in [0.05, 0.1) is 0 Å². The smallest absolute Gasteiger partial charge is 0.0462 e. The molecule has 1 aromatic carbocycles. The molecule has 78 valence electrons. The molecular formula is C11H15BrClN. The summed E-state index contributed by atoms with van der Waals surface area (Å²) in [7, 11) is 2.10. The van der Waals surface area contributed by atoms with Crippen LogP contribution in [0.1, 0.15) is 19.4 Å². The summed E-state index contributed by atoms with van der Waals surface area (Å²) in [5, 5.41) is 0.826. The maximum Gasteiger partial charge on any atom is 0.0462 e. The molecule has 0 saturated heterocycles. The van der Waals surface area contributed by atoms with E-state index in [4.69, 9.17) is 11.6 Å². The molecule has 14 heavy (non-hydrogen) atoms. The molecule has 0 unspecified atom stereocenters. The van der Waals surface area contributed by atoms with Crippen LogP contribution < -0.4 is 0 Å². The number of halogens is 2. The highest BCUT2D eigenvalue weighted by Gasteiger charge is 2.07. The fraction of sp³-hybridized carbons (Fsp3) is 0.455. The first-order valence-electron chi connectivity index (χ1n) is 4.65. The lowest BCUT2D eigenvalue weighted by molar-refractivity contribution is 0.266. The van der Waals surface area contributed by atoms with Gasteiger partial charge in [0.25, 0.3) is 0 Å². The van der Waals surface area contributed by atoms with Crippen molar-refractivity contribution in [1.82, 2.24) is 4.90 Å². The molecule has 0 aromatic heterocycles. The van der Waals surface area contributed by atoms with E-state index in [1.54, 1.807) is 0 Å². The van der Waals surface area contributed by atoms with Gasteiger partial charge >= 0.3 is 0 Å². The molecule has 1 aromatic rings. The molecule has 0 aliphatic heterocycles. The first kappa shape index (κ1) is 12.0. The molecule has 1 rings (SSSR count).